The normalized spacial score (nSPS) is 10.8. The minimum atomic E-state index is -2.55. The molecule has 0 aliphatic rings. The Bertz CT molecular complexity index is 398. The van der Waals surface area contributed by atoms with Crippen molar-refractivity contribution < 1.29 is 8.78 Å². The Morgan fingerprint density at radius 3 is 2.88 bits per heavy atom. The monoisotopic (exact) mass is 252 g/mol. The fourth-order valence-electron chi connectivity index (χ4n) is 1.20. The number of H-pyrrole nitrogens is 1. The number of aromatic amines is 1. The molecule has 0 spiro atoms. The summed E-state index contributed by atoms with van der Waals surface area (Å²) in [6, 6.07) is 0. The van der Waals surface area contributed by atoms with Crippen LogP contribution in [-0.4, -0.2) is 36.0 Å². The van der Waals surface area contributed by atoms with Crippen LogP contribution in [0.2, 0.25) is 5.02 Å². The molecule has 0 radical (unpaired) electrons. The van der Waals surface area contributed by atoms with Crippen molar-refractivity contribution in [3.63, 3.8) is 0 Å². The van der Waals surface area contributed by atoms with E-state index in [1.54, 1.807) is 0 Å². The summed E-state index contributed by atoms with van der Waals surface area (Å²) in [7, 11) is 0. The van der Waals surface area contributed by atoms with Gasteiger partial charge in [0, 0.05) is 13.1 Å². The van der Waals surface area contributed by atoms with E-state index in [0.29, 0.717) is 0 Å². The van der Waals surface area contributed by atoms with Crippen molar-refractivity contribution in [2.24, 2.45) is 5.73 Å². The molecule has 0 aliphatic heterocycles. The zero-order valence-corrected chi connectivity index (χ0v) is 9.05. The van der Waals surface area contributed by atoms with E-state index in [9.17, 15) is 13.6 Å². The van der Waals surface area contributed by atoms with Crippen LogP contribution in [0.15, 0.2) is 11.1 Å². The number of nitrogens with zero attached hydrogens (tertiary/aromatic N) is 2. The van der Waals surface area contributed by atoms with E-state index in [0.717, 1.165) is 6.33 Å². The average Bonchev–Trinajstić information content (AvgIpc) is 2.21. The van der Waals surface area contributed by atoms with Crippen LogP contribution in [0.5, 0.6) is 0 Å². The Kier molecular flexibility index (Phi) is 4.63. The average molecular weight is 253 g/mol. The highest BCUT2D eigenvalue weighted by molar-refractivity contribution is 6.32. The molecule has 0 aliphatic carbocycles. The first-order chi connectivity index (χ1) is 7.56. The summed E-state index contributed by atoms with van der Waals surface area (Å²) in [5, 5.41) is -0.211. The van der Waals surface area contributed by atoms with Gasteiger partial charge in [0.2, 0.25) is 0 Å². The summed E-state index contributed by atoms with van der Waals surface area (Å²) in [5.41, 5.74) is 4.72. The molecule has 5 nitrogen and oxygen atoms in total. The maximum Gasteiger partial charge on any atom is 0.271 e. The summed E-state index contributed by atoms with van der Waals surface area (Å²) >= 11 is 5.67. The van der Waals surface area contributed by atoms with Gasteiger partial charge < -0.3 is 15.6 Å². The third-order valence-electron chi connectivity index (χ3n) is 1.84. The first-order valence-corrected chi connectivity index (χ1v) is 4.90. The number of hydrogen-bond donors (Lipinski definition) is 2. The van der Waals surface area contributed by atoms with Gasteiger partial charge in [-0.1, -0.05) is 11.6 Å². The Labute approximate surface area is 95.2 Å². The molecule has 0 amide bonds. The van der Waals surface area contributed by atoms with E-state index in [1.165, 1.54) is 4.90 Å². The number of halogens is 3. The molecule has 0 saturated heterocycles. The number of hydrogen-bond acceptors (Lipinski definition) is 4. The molecule has 16 heavy (non-hydrogen) atoms. The first kappa shape index (κ1) is 12.9. The van der Waals surface area contributed by atoms with E-state index in [-0.39, 0.29) is 23.9 Å². The predicted molar refractivity (Wildman–Crippen MR) is 57.1 cm³/mol. The smallest absolute Gasteiger partial charge is 0.271 e. The molecule has 8 heteroatoms. The standard InChI is InChI=1S/C8H11ClF2N4O/c9-6-7(13-4-14-8(6)16)15(2-1-12)3-5(10)11/h4-5H,1-3,12H2,(H,13,14,16). The van der Waals surface area contributed by atoms with Crippen LogP contribution in [0.25, 0.3) is 0 Å². The second-order valence-electron chi connectivity index (χ2n) is 3.00. The quantitative estimate of drug-likeness (QED) is 0.798. The lowest BCUT2D eigenvalue weighted by molar-refractivity contribution is 0.154. The third kappa shape index (κ3) is 3.14. The molecular weight excluding hydrogens is 242 g/mol. The third-order valence-corrected chi connectivity index (χ3v) is 2.18. The lowest BCUT2D eigenvalue weighted by atomic mass is 10.4. The summed E-state index contributed by atoms with van der Waals surface area (Å²) in [6.07, 6.45) is -1.44. The molecule has 1 rings (SSSR count). The minimum absolute atomic E-state index is 0.0242. The van der Waals surface area contributed by atoms with Gasteiger partial charge in [-0.3, -0.25) is 4.79 Å². The summed E-state index contributed by atoms with van der Waals surface area (Å²) in [4.78, 5) is 18.4. The van der Waals surface area contributed by atoms with Gasteiger partial charge in [0.05, 0.1) is 12.9 Å². The predicted octanol–water partition coefficient (Wildman–Crippen LogP) is 0.453. The molecule has 90 valence electrons. The molecular formula is C8H11ClF2N4O. The second kappa shape index (κ2) is 5.76. The Balaban J connectivity index is 3.00. The maximum absolute atomic E-state index is 12.3. The molecule has 0 unspecified atom stereocenters. The van der Waals surface area contributed by atoms with Crippen molar-refractivity contribution in [1.82, 2.24) is 9.97 Å². The molecule has 0 atom stereocenters. The molecule has 0 fully saturated rings. The molecule has 0 saturated carbocycles. The molecule has 1 aromatic heterocycles. The van der Waals surface area contributed by atoms with Crippen molar-refractivity contribution in [2.75, 3.05) is 24.5 Å². The lowest BCUT2D eigenvalue weighted by Gasteiger charge is -2.22. The Morgan fingerprint density at radius 2 is 2.31 bits per heavy atom. The van der Waals surface area contributed by atoms with E-state index in [2.05, 4.69) is 9.97 Å². The highest BCUT2D eigenvalue weighted by Crippen LogP contribution is 2.18. The van der Waals surface area contributed by atoms with Gasteiger partial charge >= 0.3 is 0 Å². The number of alkyl halides is 2. The Morgan fingerprint density at radius 1 is 1.62 bits per heavy atom. The number of aromatic nitrogens is 2. The van der Waals surface area contributed by atoms with Crippen LogP contribution in [0.3, 0.4) is 0 Å². The van der Waals surface area contributed by atoms with Gasteiger partial charge in [-0.25, -0.2) is 13.8 Å². The highest BCUT2D eigenvalue weighted by atomic mass is 35.5. The first-order valence-electron chi connectivity index (χ1n) is 4.52. The second-order valence-corrected chi connectivity index (χ2v) is 3.37. The molecule has 1 heterocycles. The fraction of sp³-hybridized carbons (Fsp3) is 0.500. The maximum atomic E-state index is 12.3. The summed E-state index contributed by atoms with van der Waals surface area (Å²) in [6.45, 7) is -0.245. The van der Waals surface area contributed by atoms with Crippen LogP contribution in [0.4, 0.5) is 14.6 Å². The molecule has 0 aromatic carbocycles. The van der Waals surface area contributed by atoms with Crippen LogP contribution >= 0.6 is 11.6 Å². The number of anilines is 1. The molecule has 1 aromatic rings. The van der Waals surface area contributed by atoms with E-state index in [4.69, 9.17) is 17.3 Å². The molecule has 0 bridgehead atoms. The van der Waals surface area contributed by atoms with Crippen molar-refractivity contribution in [3.05, 3.63) is 21.7 Å². The van der Waals surface area contributed by atoms with Gasteiger partial charge in [0.25, 0.3) is 12.0 Å². The van der Waals surface area contributed by atoms with Crippen molar-refractivity contribution in [3.8, 4) is 0 Å². The highest BCUT2D eigenvalue weighted by Gasteiger charge is 2.17. The number of rotatable bonds is 5. The largest absolute Gasteiger partial charge is 0.348 e. The van der Waals surface area contributed by atoms with Crippen LogP contribution < -0.4 is 16.2 Å². The molecule has 3 N–H and O–H groups in total. The van der Waals surface area contributed by atoms with Gasteiger partial charge in [-0.15, -0.1) is 0 Å². The summed E-state index contributed by atoms with van der Waals surface area (Å²) in [5.74, 6) is 0.0242. The van der Waals surface area contributed by atoms with Gasteiger partial charge in [0.15, 0.2) is 5.82 Å². The van der Waals surface area contributed by atoms with Gasteiger partial charge in [0.1, 0.15) is 5.02 Å². The lowest BCUT2D eigenvalue weighted by Crippen LogP contribution is -2.35. The number of nitrogens with two attached hydrogens (primary N) is 1. The van der Waals surface area contributed by atoms with Crippen LogP contribution in [-0.2, 0) is 0 Å². The number of nitrogens with one attached hydrogen (secondary N) is 1. The minimum Gasteiger partial charge on any atom is -0.348 e. The van der Waals surface area contributed by atoms with Gasteiger partial charge in [-0.05, 0) is 0 Å². The van der Waals surface area contributed by atoms with Gasteiger partial charge in [-0.2, -0.15) is 0 Å². The zero-order chi connectivity index (χ0) is 12.1. The summed E-state index contributed by atoms with van der Waals surface area (Å²) < 4.78 is 24.6. The Hall–Kier alpha value is -1.21. The van der Waals surface area contributed by atoms with E-state index < -0.39 is 18.5 Å². The van der Waals surface area contributed by atoms with E-state index in [1.807, 2.05) is 0 Å². The fourth-order valence-corrected chi connectivity index (χ4v) is 1.42. The van der Waals surface area contributed by atoms with E-state index >= 15 is 0 Å². The SMILES string of the molecule is NCCN(CC(F)F)c1nc[nH]c(=O)c1Cl. The van der Waals surface area contributed by atoms with Crippen LogP contribution in [0.1, 0.15) is 0 Å². The van der Waals surface area contributed by atoms with Crippen molar-refractivity contribution in [1.29, 1.82) is 0 Å². The van der Waals surface area contributed by atoms with Crippen molar-refractivity contribution in [2.45, 2.75) is 6.43 Å². The van der Waals surface area contributed by atoms with Crippen molar-refractivity contribution >= 4 is 17.4 Å². The topological polar surface area (TPSA) is 75.0 Å². The zero-order valence-electron chi connectivity index (χ0n) is 8.29. The van der Waals surface area contributed by atoms with Crippen LogP contribution in [0, 0.1) is 0 Å².